The third-order valence-electron chi connectivity index (χ3n) is 8.07. The molecule has 2 N–H and O–H groups in total. The van der Waals surface area contributed by atoms with Gasteiger partial charge in [0.2, 0.25) is 29.2 Å². The van der Waals surface area contributed by atoms with Crippen LogP contribution in [0.4, 0.5) is 0 Å². The molecule has 4 fully saturated rings. The van der Waals surface area contributed by atoms with Gasteiger partial charge in [0, 0.05) is 90.9 Å². The Kier molecular flexibility index (Phi) is 13.2. The van der Waals surface area contributed by atoms with Gasteiger partial charge in [0.05, 0.1) is 26.4 Å². The van der Waals surface area contributed by atoms with E-state index in [1.165, 1.54) is 0 Å². The van der Waals surface area contributed by atoms with Gasteiger partial charge in [-0.05, 0) is 26.7 Å². The normalized spacial score (nSPS) is 29.8. The van der Waals surface area contributed by atoms with Gasteiger partial charge in [-0.1, -0.05) is 6.42 Å². The largest absolute Gasteiger partial charge is 0.379 e. The van der Waals surface area contributed by atoms with E-state index >= 15 is 0 Å². The lowest BCUT2D eigenvalue weighted by Crippen LogP contribution is -2.43. The first-order valence-electron chi connectivity index (χ1n) is 15.5. The van der Waals surface area contributed by atoms with Crippen molar-refractivity contribution in [2.45, 2.75) is 89.0 Å². The number of carbonyl (C=O) groups excluding carboxylic acids is 2. The second kappa shape index (κ2) is 16.6. The molecule has 42 heavy (non-hydrogen) atoms. The fourth-order valence-electron chi connectivity index (χ4n) is 5.18. The van der Waals surface area contributed by atoms with E-state index in [0.717, 1.165) is 58.5 Å². The van der Waals surface area contributed by atoms with E-state index in [9.17, 15) is 9.59 Å². The maximum absolute atomic E-state index is 12.6. The molecule has 1 aliphatic carbocycles. The average molecular weight is 603 g/mol. The van der Waals surface area contributed by atoms with E-state index in [0.29, 0.717) is 52.4 Å². The highest BCUT2D eigenvalue weighted by molar-refractivity contribution is 5.76. The highest BCUT2D eigenvalue weighted by Crippen LogP contribution is 2.39. The van der Waals surface area contributed by atoms with Crippen LogP contribution < -0.4 is 10.6 Å². The van der Waals surface area contributed by atoms with E-state index in [-0.39, 0.29) is 37.5 Å². The van der Waals surface area contributed by atoms with Crippen LogP contribution in [0.3, 0.4) is 0 Å². The van der Waals surface area contributed by atoms with E-state index < -0.39 is 17.4 Å². The summed E-state index contributed by atoms with van der Waals surface area (Å²) in [5.74, 6) is -4.25. The molecule has 1 spiro atoms. The number of morpholine rings is 2. The number of hydrogen-bond acceptors (Lipinski definition) is 12. The first-order valence-corrected chi connectivity index (χ1v) is 15.5. The van der Waals surface area contributed by atoms with Crippen molar-refractivity contribution in [2.75, 3.05) is 78.8 Å². The maximum atomic E-state index is 12.6. The lowest BCUT2D eigenvalue weighted by molar-refractivity contribution is -0.551. The van der Waals surface area contributed by atoms with Crippen LogP contribution in [-0.2, 0) is 48.4 Å². The Balaban J connectivity index is 1.27. The van der Waals surface area contributed by atoms with Gasteiger partial charge in [-0.2, -0.15) is 29.3 Å². The zero-order chi connectivity index (χ0) is 29.7. The molecule has 0 aromatic carbocycles. The van der Waals surface area contributed by atoms with Crippen molar-refractivity contribution < 1.29 is 48.4 Å². The predicted octanol–water partition coefficient (Wildman–Crippen LogP) is 1.39. The molecule has 242 valence electrons. The highest BCUT2D eigenvalue weighted by Gasteiger charge is 2.46. The molecule has 0 aromatic heterocycles. The van der Waals surface area contributed by atoms with Crippen LogP contribution in [0.15, 0.2) is 0 Å². The maximum Gasteiger partial charge on any atom is 0.234 e. The number of nitrogens with zero attached hydrogens (tertiary/aromatic N) is 2. The lowest BCUT2D eigenvalue weighted by Gasteiger charge is -2.35. The summed E-state index contributed by atoms with van der Waals surface area (Å²) in [6, 6.07) is 0. The Hall–Kier alpha value is -1.46. The SMILES string of the molecule is CC1(CCC(=O)NCCN2CCOCC2)OOC(C)(CCC(=O)NCCN2CCOCC2)OOC2(CCCCC2)OO1. The van der Waals surface area contributed by atoms with Crippen molar-refractivity contribution in [3.8, 4) is 0 Å². The van der Waals surface area contributed by atoms with Crippen LogP contribution in [-0.4, -0.2) is 118 Å². The van der Waals surface area contributed by atoms with Gasteiger partial charge in [0.1, 0.15) is 0 Å². The molecule has 4 rings (SSSR count). The third-order valence-corrected chi connectivity index (χ3v) is 8.07. The number of amides is 2. The van der Waals surface area contributed by atoms with Crippen molar-refractivity contribution in [1.82, 2.24) is 20.4 Å². The van der Waals surface area contributed by atoms with Gasteiger partial charge in [0.25, 0.3) is 0 Å². The molecule has 3 heterocycles. The van der Waals surface area contributed by atoms with Crippen LogP contribution in [0.5, 0.6) is 0 Å². The first kappa shape index (κ1) is 33.4. The molecule has 4 aliphatic rings. The minimum Gasteiger partial charge on any atom is -0.379 e. The summed E-state index contributed by atoms with van der Waals surface area (Å²) < 4.78 is 10.7. The van der Waals surface area contributed by atoms with Gasteiger partial charge >= 0.3 is 0 Å². The summed E-state index contributed by atoms with van der Waals surface area (Å²) in [6.45, 7) is 12.2. The van der Waals surface area contributed by atoms with Gasteiger partial charge in [0.15, 0.2) is 0 Å². The molecule has 2 unspecified atom stereocenters. The fourth-order valence-corrected chi connectivity index (χ4v) is 5.18. The zero-order valence-corrected chi connectivity index (χ0v) is 25.3. The molecule has 0 bridgehead atoms. The lowest BCUT2D eigenvalue weighted by atomic mass is 9.94. The van der Waals surface area contributed by atoms with Crippen LogP contribution in [0.1, 0.15) is 71.6 Å². The Morgan fingerprint density at radius 3 is 1.45 bits per heavy atom. The van der Waals surface area contributed by atoms with Gasteiger partial charge in [-0.15, -0.1) is 0 Å². The van der Waals surface area contributed by atoms with Gasteiger partial charge in [-0.25, -0.2) is 0 Å². The smallest absolute Gasteiger partial charge is 0.234 e. The van der Waals surface area contributed by atoms with E-state index in [2.05, 4.69) is 20.4 Å². The Morgan fingerprint density at radius 1 is 0.619 bits per heavy atom. The van der Waals surface area contributed by atoms with Crippen LogP contribution in [0.2, 0.25) is 0 Å². The van der Waals surface area contributed by atoms with Crippen molar-refractivity contribution >= 4 is 11.8 Å². The number of nitrogens with one attached hydrogen (secondary N) is 2. The van der Waals surface area contributed by atoms with Crippen molar-refractivity contribution in [2.24, 2.45) is 0 Å². The molecule has 0 radical (unpaired) electrons. The van der Waals surface area contributed by atoms with Crippen LogP contribution in [0, 0.1) is 0 Å². The summed E-state index contributed by atoms with van der Waals surface area (Å²) in [6.07, 6.45) is 4.48. The molecule has 14 nitrogen and oxygen atoms in total. The average Bonchev–Trinajstić information content (AvgIpc) is 3.06. The van der Waals surface area contributed by atoms with Crippen molar-refractivity contribution in [1.29, 1.82) is 0 Å². The van der Waals surface area contributed by atoms with Crippen molar-refractivity contribution in [3.05, 3.63) is 0 Å². The molecule has 1 saturated carbocycles. The molecular weight excluding hydrogens is 552 g/mol. The van der Waals surface area contributed by atoms with Crippen molar-refractivity contribution in [3.63, 3.8) is 0 Å². The second-order valence-corrected chi connectivity index (χ2v) is 11.8. The monoisotopic (exact) mass is 602 g/mol. The summed E-state index contributed by atoms with van der Waals surface area (Å²) in [5.41, 5.74) is 0. The quantitative estimate of drug-likeness (QED) is 0.312. The van der Waals surface area contributed by atoms with Gasteiger partial charge < -0.3 is 20.1 Å². The summed E-state index contributed by atoms with van der Waals surface area (Å²) >= 11 is 0. The number of ether oxygens (including phenoxy) is 2. The van der Waals surface area contributed by atoms with E-state index in [4.69, 9.17) is 38.8 Å². The number of carbonyl (C=O) groups is 2. The minimum atomic E-state index is -1.43. The molecule has 3 saturated heterocycles. The summed E-state index contributed by atoms with van der Waals surface area (Å²) in [4.78, 5) is 64.5. The molecule has 2 amide bonds. The topological polar surface area (TPSA) is 139 Å². The highest BCUT2D eigenvalue weighted by atomic mass is 17.4. The molecular formula is C28H50N4O10. The summed E-state index contributed by atoms with van der Waals surface area (Å²) in [5, 5.41) is 5.91. The van der Waals surface area contributed by atoms with E-state index in [1.807, 2.05) is 0 Å². The Morgan fingerprint density at radius 2 is 1.02 bits per heavy atom. The van der Waals surface area contributed by atoms with Crippen LogP contribution in [0.25, 0.3) is 0 Å². The predicted molar refractivity (Wildman–Crippen MR) is 148 cm³/mol. The standard InChI is InChI=1S/C28H50N4O10/c1-26(10-6-24(33)29-12-14-31-16-20-35-21-17-31)37-38-27(2,40-42-28(41-39-26)8-4-3-5-9-28)11-7-25(34)30-13-15-32-18-22-36-23-19-32/h3-23H2,1-2H3,(H,29,33)(H,30,34). The fraction of sp³-hybridized carbons (Fsp3) is 0.929. The van der Waals surface area contributed by atoms with Crippen LogP contribution >= 0.6 is 0 Å². The molecule has 14 heteroatoms. The molecule has 0 aromatic rings. The number of rotatable bonds is 12. The molecule has 2 atom stereocenters. The minimum absolute atomic E-state index is 0.128. The van der Waals surface area contributed by atoms with Gasteiger partial charge in [-0.3, -0.25) is 19.4 Å². The first-order chi connectivity index (χ1) is 20.3. The third kappa shape index (κ3) is 11.2. The summed E-state index contributed by atoms with van der Waals surface area (Å²) in [7, 11) is 0. The van der Waals surface area contributed by atoms with E-state index in [1.54, 1.807) is 13.8 Å². The number of hydrogen-bond donors (Lipinski definition) is 2. The Bertz CT molecular complexity index is 776. The Labute approximate surface area is 248 Å². The second-order valence-electron chi connectivity index (χ2n) is 11.8. The zero-order valence-electron chi connectivity index (χ0n) is 25.3. The molecule has 3 aliphatic heterocycles.